The van der Waals surface area contributed by atoms with Gasteiger partial charge in [0.25, 0.3) is 5.91 Å². The second kappa shape index (κ2) is 11.3. The lowest BCUT2D eigenvalue weighted by Crippen LogP contribution is -2.66. The fourth-order valence-electron chi connectivity index (χ4n) is 4.62. The molecule has 1 N–H and O–H groups in total. The first-order valence-corrected chi connectivity index (χ1v) is 12.7. The minimum atomic E-state index is -3.26. The highest BCUT2D eigenvalue weighted by molar-refractivity contribution is 7.89. The quantitative estimate of drug-likeness (QED) is 0.464. The number of hydrogen-bond acceptors (Lipinski definition) is 4. The van der Waals surface area contributed by atoms with Gasteiger partial charge in [-0.1, -0.05) is 36.7 Å². The normalized spacial score (nSPS) is 26.6. The summed E-state index contributed by atoms with van der Waals surface area (Å²) in [5.74, 6) is -0.157. The van der Waals surface area contributed by atoms with Crippen molar-refractivity contribution in [1.29, 1.82) is 0 Å². The number of piperazine rings is 1. The SMILES string of the molecule is CCCS(=O)(=O)N1CCN(C2(C(Cl)NC(=O)c3ccccc3)CCCC(F)C2)CC1.Cl. The van der Waals surface area contributed by atoms with E-state index in [0.717, 1.165) is 0 Å². The molecule has 1 aromatic carbocycles. The summed E-state index contributed by atoms with van der Waals surface area (Å²) in [5.41, 5.74) is -1.01. The molecule has 2 aliphatic rings. The van der Waals surface area contributed by atoms with E-state index >= 15 is 0 Å². The van der Waals surface area contributed by atoms with Crippen molar-refractivity contribution in [2.75, 3.05) is 31.9 Å². The van der Waals surface area contributed by atoms with Gasteiger partial charge in [0.2, 0.25) is 10.0 Å². The highest BCUT2D eigenvalue weighted by Gasteiger charge is 2.48. The summed E-state index contributed by atoms with van der Waals surface area (Å²) in [4.78, 5) is 14.8. The second-order valence-electron chi connectivity index (χ2n) is 8.20. The molecule has 0 aromatic heterocycles. The number of amides is 1. The van der Waals surface area contributed by atoms with E-state index in [0.29, 0.717) is 57.4 Å². The van der Waals surface area contributed by atoms with Crippen LogP contribution < -0.4 is 5.32 Å². The van der Waals surface area contributed by atoms with Crippen molar-refractivity contribution in [3.63, 3.8) is 0 Å². The Bertz CT molecular complexity index is 822. The molecule has 1 aromatic rings. The Morgan fingerprint density at radius 3 is 2.48 bits per heavy atom. The van der Waals surface area contributed by atoms with Crippen LogP contribution in [-0.2, 0) is 10.0 Å². The number of nitrogens with zero attached hydrogens (tertiary/aromatic N) is 2. The molecule has 176 valence electrons. The summed E-state index contributed by atoms with van der Waals surface area (Å²) >= 11 is 6.76. The summed E-state index contributed by atoms with van der Waals surface area (Å²) in [6.07, 6.45) is 1.65. The van der Waals surface area contributed by atoms with Gasteiger partial charge in [-0.3, -0.25) is 9.69 Å². The van der Waals surface area contributed by atoms with E-state index < -0.39 is 27.2 Å². The summed E-state index contributed by atoms with van der Waals surface area (Å²) in [7, 11) is -3.26. The predicted octanol–water partition coefficient (Wildman–Crippen LogP) is 3.41. The number of hydrogen-bond donors (Lipinski definition) is 1. The van der Waals surface area contributed by atoms with Gasteiger partial charge in [0, 0.05) is 38.2 Å². The molecule has 0 bridgehead atoms. The number of halogens is 3. The molecule has 0 radical (unpaired) electrons. The molecular formula is C21H32Cl2FN3O3S. The van der Waals surface area contributed by atoms with E-state index in [-0.39, 0.29) is 30.5 Å². The van der Waals surface area contributed by atoms with Crippen LogP contribution in [0.15, 0.2) is 30.3 Å². The van der Waals surface area contributed by atoms with Gasteiger partial charge in [0.05, 0.1) is 11.3 Å². The van der Waals surface area contributed by atoms with Gasteiger partial charge in [0.1, 0.15) is 11.7 Å². The second-order valence-corrected chi connectivity index (χ2v) is 10.7. The number of carbonyl (C=O) groups excluding carboxylic acids is 1. The molecule has 1 saturated heterocycles. The van der Waals surface area contributed by atoms with Gasteiger partial charge in [-0.25, -0.2) is 12.8 Å². The lowest BCUT2D eigenvalue weighted by Gasteiger charge is -2.52. The first-order chi connectivity index (χ1) is 14.3. The van der Waals surface area contributed by atoms with Crippen molar-refractivity contribution in [3.05, 3.63) is 35.9 Å². The van der Waals surface area contributed by atoms with Crippen molar-refractivity contribution < 1.29 is 17.6 Å². The Morgan fingerprint density at radius 1 is 1.26 bits per heavy atom. The highest BCUT2D eigenvalue weighted by Crippen LogP contribution is 2.40. The summed E-state index contributed by atoms with van der Waals surface area (Å²) in [5, 5.41) is 2.87. The molecule has 3 rings (SSSR count). The van der Waals surface area contributed by atoms with Gasteiger partial charge >= 0.3 is 0 Å². The Balaban J connectivity index is 0.00000341. The zero-order chi connectivity index (χ0) is 21.8. The topological polar surface area (TPSA) is 69.7 Å². The van der Waals surface area contributed by atoms with Crippen molar-refractivity contribution in [3.8, 4) is 0 Å². The van der Waals surface area contributed by atoms with Crippen molar-refractivity contribution in [2.45, 2.75) is 56.2 Å². The van der Waals surface area contributed by atoms with Crippen molar-refractivity contribution in [1.82, 2.24) is 14.5 Å². The standard InChI is InChI=1S/C21H31ClFN3O3S.ClH/c1-2-15-30(28,29)26-13-11-25(12-14-26)21(10-6-9-18(23)16-21)20(22)24-19(27)17-7-4-3-5-8-17;/h3-5,7-8,18,20H,2,6,9-16H2,1H3,(H,24,27);1H. The molecule has 2 fully saturated rings. The average molecular weight is 496 g/mol. The fourth-order valence-corrected chi connectivity index (χ4v) is 6.55. The van der Waals surface area contributed by atoms with Crippen LogP contribution in [0.3, 0.4) is 0 Å². The number of benzene rings is 1. The predicted molar refractivity (Wildman–Crippen MR) is 124 cm³/mol. The first kappa shape index (κ1) is 26.3. The molecule has 10 heteroatoms. The molecule has 1 saturated carbocycles. The summed E-state index contributed by atoms with van der Waals surface area (Å²) in [6.45, 7) is 3.51. The van der Waals surface area contributed by atoms with E-state index in [1.54, 1.807) is 24.3 Å². The lowest BCUT2D eigenvalue weighted by molar-refractivity contribution is -0.00795. The molecule has 0 spiro atoms. The Morgan fingerprint density at radius 2 is 1.90 bits per heavy atom. The third-order valence-corrected chi connectivity index (χ3v) is 8.78. The molecule has 6 nitrogen and oxygen atoms in total. The third kappa shape index (κ3) is 6.11. The first-order valence-electron chi connectivity index (χ1n) is 10.7. The van der Waals surface area contributed by atoms with Crippen LogP contribution in [0.4, 0.5) is 4.39 Å². The van der Waals surface area contributed by atoms with E-state index in [2.05, 4.69) is 10.2 Å². The van der Waals surface area contributed by atoms with Crippen LogP contribution >= 0.6 is 24.0 Å². The van der Waals surface area contributed by atoms with Gasteiger partial charge in [-0.15, -0.1) is 12.4 Å². The Labute approximate surface area is 196 Å². The number of sulfonamides is 1. The number of rotatable bonds is 7. The smallest absolute Gasteiger partial charge is 0.252 e. The fraction of sp³-hybridized carbons (Fsp3) is 0.667. The molecule has 1 aliphatic heterocycles. The number of carbonyl (C=O) groups is 1. The van der Waals surface area contributed by atoms with Crippen LogP contribution in [0, 0.1) is 0 Å². The van der Waals surface area contributed by atoms with Crippen LogP contribution in [0.1, 0.15) is 49.4 Å². The molecule has 3 unspecified atom stereocenters. The lowest BCUT2D eigenvalue weighted by atomic mass is 9.78. The Kier molecular flexibility index (Phi) is 9.57. The maximum atomic E-state index is 14.5. The van der Waals surface area contributed by atoms with Crippen LogP contribution in [0.2, 0.25) is 0 Å². The van der Waals surface area contributed by atoms with Crippen LogP contribution in [-0.4, -0.2) is 72.7 Å². The van der Waals surface area contributed by atoms with Crippen LogP contribution in [0.5, 0.6) is 0 Å². The summed E-state index contributed by atoms with van der Waals surface area (Å²) in [6, 6.07) is 8.81. The molecule has 1 amide bonds. The van der Waals surface area contributed by atoms with Gasteiger partial charge < -0.3 is 5.32 Å². The monoisotopic (exact) mass is 495 g/mol. The number of nitrogens with one attached hydrogen (secondary N) is 1. The van der Waals surface area contributed by atoms with Gasteiger partial charge in [-0.05, 0) is 37.8 Å². The largest absolute Gasteiger partial charge is 0.334 e. The highest BCUT2D eigenvalue weighted by atomic mass is 35.5. The van der Waals surface area contributed by atoms with Gasteiger partial charge in [0.15, 0.2) is 0 Å². The number of alkyl halides is 2. The molecule has 31 heavy (non-hydrogen) atoms. The van der Waals surface area contributed by atoms with E-state index in [1.165, 1.54) is 4.31 Å². The molecule has 1 aliphatic carbocycles. The zero-order valence-corrected chi connectivity index (χ0v) is 20.2. The minimum Gasteiger partial charge on any atom is -0.334 e. The van der Waals surface area contributed by atoms with E-state index in [1.807, 2.05) is 13.0 Å². The molecule has 1 heterocycles. The molecular weight excluding hydrogens is 464 g/mol. The Hall–Kier alpha value is -0.930. The van der Waals surface area contributed by atoms with Crippen molar-refractivity contribution in [2.24, 2.45) is 0 Å². The van der Waals surface area contributed by atoms with Crippen molar-refractivity contribution >= 4 is 39.9 Å². The average Bonchev–Trinajstić information content (AvgIpc) is 2.74. The third-order valence-electron chi connectivity index (χ3n) is 6.19. The summed E-state index contributed by atoms with van der Waals surface area (Å²) < 4.78 is 40.8. The maximum absolute atomic E-state index is 14.5. The zero-order valence-electron chi connectivity index (χ0n) is 17.8. The van der Waals surface area contributed by atoms with E-state index in [9.17, 15) is 17.6 Å². The minimum absolute atomic E-state index is 0. The van der Waals surface area contributed by atoms with E-state index in [4.69, 9.17) is 11.6 Å². The van der Waals surface area contributed by atoms with Gasteiger partial charge in [-0.2, -0.15) is 4.31 Å². The molecule has 3 atom stereocenters. The maximum Gasteiger partial charge on any atom is 0.252 e. The van der Waals surface area contributed by atoms with Crippen LogP contribution in [0.25, 0.3) is 0 Å².